The highest BCUT2D eigenvalue weighted by Crippen LogP contribution is 2.07. The van der Waals surface area contributed by atoms with E-state index in [-0.39, 0.29) is 6.42 Å². The summed E-state index contributed by atoms with van der Waals surface area (Å²) in [5, 5.41) is 5.25. The zero-order valence-corrected chi connectivity index (χ0v) is 8.98. The van der Waals surface area contributed by atoms with Crippen molar-refractivity contribution in [1.29, 1.82) is 0 Å². The van der Waals surface area contributed by atoms with Crippen molar-refractivity contribution < 1.29 is 9.59 Å². The standard InChI is InChI=1S/C9H12N2O2S/c1-3-7(12)9(13)10-4-8-11-6(2)5-14-8/h5H,3-4H2,1-2H3,(H,10,13). The van der Waals surface area contributed by atoms with E-state index in [1.165, 1.54) is 11.3 Å². The Hall–Kier alpha value is -1.23. The molecule has 0 bridgehead atoms. The fourth-order valence-electron chi connectivity index (χ4n) is 0.899. The van der Waals surface area contributed by atoms with Crippen molar-refractivity contribution in [1.82, 2.24) is 10.3 Å². The number of hydrogen-bond donors (Lipinski definition) is 1. The lowest BCUT2D eigenvalue weighted by Gasteiger charge is -1.99. The summed E-state index contributed by atoms with van der Waals surface area (Å²) in [5.41, 5.74) is 0.932. The van der Waals surface area contributed by atoms with E-state index < -0.39 is 11.7 Å². The minimum atomic E-state index is -0.527. The normalized spacial score (nSPS) is 9.86. The maximum atomic E-state index is 11.1. The van der Waals surface area contributed by atoms with Crippen LogP contribution in [-0.2, 0) is 16.1 Å². The highest BCUT2D eigenvalue weighted by molar-refractivity contribution is 7.09. The molecule has 0 radical (unpaired) electrons. The van der Waals surface area contributed by atoms with Crippen LogP contribution in [0, 0.1) is 6.92 Å². The van der Waals surface area contributed by atoms with E-state index in [9.17, 15) is 9.59 Å². The van der Waals surface area contributed by atoms with Gasteiger partial charge in [0.25, 0.3) is 5.91 Å². The number of nitrogens with one attached hydrogen (secondary N) is 1. The molecule has 1 aromatic heterocycles. The zero-order chi connectivity index (χ0) is 10.6. The molecule has 0 atom stereocenters. The first-order valence-electron chi connectivity index (χ1n) is 4.35. The molecule has 0 fully saturated rings. The molecule has 0 saturated heterocycles. The van der Waals surface area contributed by atoms with Crippen molar-refractivity contribution in [3.8, 4) is 0 Å². The van der Waals surface area contributed by atoms with E-state index in [0.29, 0.717) is 6.54 Å². The Balaban J connectivity index is 2.41. The number of amides is 1. The number of carbonyl (C=O) groups excluding carboxylic acids is 2. The van der Waals surface area contributed by atoms with Gasteiger partial charge in [0.15, 0.2) is 0 Å². The molecule has 0 aromatic carbocycles. The molecule has 1 N–H and O–H groups in total. The number of thiazole rings is 1. The van der Waals surface area contributed by atoms with E-state index >= 15 is 0 Å². The van der Waals surface area contributed by atoms with Crippen LogP contribution in [0.3, 0.4) is 0 Å². The molecule has 1 heterocycles. The lowest BCUT2D eigenvalue weighted by molar-refractivity contribution is -0.137. The number of nitrogens with zero attached hydrogens (tertiary/aromatic N) is 1. The predicted molar refractivity (Wildman–Crippen MR) is 54.0 cm³/mol. The number of hydrogen-bond acceptors (Lipinski definition) is 4. The summed E-state index contributed by atoms with van der Waals surface area (Å²) in [6.07, 6.45) is 0.239. The van der Waals surface area contributed by atoms with Crippen LogP contribution in [0.5, 0.6) is 0 Å². The maximum Gasteiger partial charge on any atom is 0.287 e. The van der Waals surface area contributed by atoms with Gasteiger partial charge in [0.1, 0.15) is 5.01 Å². The van der Waals surface area contributed by atoms with Gasteiger partial charge in [-0.15, -0.1) is 11.3 Å². The number of aromatic nitrogens is 1. The molecular weight excluding hydrogens is 200 g/mol. The van der Waals surface area contributed by atoms with Crippen LogP contribution in [0.2, 0.25) is 0 Å². The highest BCUT2D eigenvalue weighted by atomic mass is 32.1. The molecule has 1 rings (SSSR count). The third kappa shape index (κ3) is 2.92. The van der Waals surface area contributed by atoms with Gasteiger partial charge in [-0.1, -0.05) is 6.92 Å². The van der Waals surface area contributed by atoms with Gasteiger partial charge in [-0.2, -0.15) is 0 Å². The summed E-state index contributed by atoms with van der Waals surface area (Å²) < 4.78 is 0. The first-order valence-corrected chi connectivity index (χ1v) is 5.23. The first-order chi connectivity index (χ1) is 6.63. The number of rotatable bonds is 4. The molecule has 0 aliphatic rings. The summed E-state index contributed by atoms with van der Waals surface area (Å²) in [6.45, 7) is 3.89. The Morgan fingerprint density at radius 2 is 2.29 bits per heavy atom. The Bertz CT molecular complexity index is 346. The van der Waals surface area contributed by atoms with Crippen LogP contribution in [0.4, 0.5) is 0 Å². The van der Waals surface area contributed by atoms with Gasteiger partial charge >= 0.3 is 0 Å². The smallest absolute Gasteiger partial charge is 0.287 e. The number of carbonyl (C=O) groups is 2. The van der Waals surface area contributed by atoms with E-state index in [1.807, 2.05) is 12.3 Å². The van der Waals surface area contributed by atoms with E-state index in [4.69, 9.17) is 0 Å². The Morgan fingerprint density at radius 3 is 2.79 bits per heavy atom. The summed E-state index contributed by atoms with van der Waals surface area (Å²) in [4.78, 5) is 26.1. The molecule has 0 spiro atoms. The summed E-state index contributed by atoms with van der Waals surface area (Å²) in [7, 11) is 0. The largest absolute Gasteiger partial charge is 0.343 e. The van der Waals surface area contributed by atoms with Crippen LogP contribution >= 0.6 is 11.3 Å². The Labute approximate surface area is 86.4 Å². The van der Waals surface area contributed by atoms with Crippen molar-refractivity contribution >= 4 is 23.0 Å². The molecule has 76 valence electrons. The molecule has 1 aromatic rings. The Morgan fingerprint density at radius 1 is 1.57 bits per heavy atom. The molecule has 5 heteroatoms. The quantitative estimate of drug-likeness (QED) is 0.759. The van der Waals surface area contributed by atoms with E-state index in [2.05, 4.69) is 10.3 Å². The van der Waals surface area contributed by atoms with E-state index in [1.54, 1.807) is 6.92 Å². The van der Waals surface area contributed by atoms with Gasteiger partial charge in [0, 0.05) is 17.5 Å². The third-order valence-electron chi connectivity index (χ3n) is 1.64. The highest BCUT2D eigenvalue weighted by Gasteiger charge is 2.10. The van der Waals surface area contributed by atoms with Gasteiger partial charge in [0.05, 0.1) is 6.54 Å². The first kappa shape index (κ1) is 10.8. The molecule has 4 nitrogen and oxygen atoms in total. The molecular formula is C9H12N2O2S. The maximum absolute atomic E-state index is 11.1. The second-order valence-electron chi connectivity index (χ2n) is 2.84. The Kier molecular flexibility index (Phi) is 3.76. The topological polar surface area (TPSA) is 59.1 Å². The number of aryl methyl sites for hydroxylation is 1. The van der Waals surface area contributed by atoms with E-state index in [0.717, 1.165) is 10.7 Å². The lowest BCUT2D eigenvalue weighted by Crippen LogP contribution is -2.29. The van der Waals surface area contributed by atoms with Gasteiger partial charge < -0.3 is 5.32 Å². The summed E-state index contributed by atoms with van der Waals surface area (Å²) >= 11 is 1.47. The minimum absolute atomic E-state index is 0.239. The van der Waals surface area contributed by atoms with Crippen LogP contribution in [0.15, 0.2) is 5.38 Å². The molecule has 0 aliphatic carbocycles. The zero-order valence-electron chi connectivity index (χ0n) is 8.16. The average molecular weight is 212 g/mol. The van der Waals surface area contributed by atoms with Crippen LogP contribution in [-0.4, -0.2) is 16.7 Å². The minimum Gasteiger partial charge on any atom is -0.343 e. The number of ketones is 1. The van der Waals surface area contributed by atoms with Gasteiger partial charge in [-0.3, -0.25) is 9.59 Å². The molecule has 0 saturated carbocycles. The van der Waals surface area contributed by atoms with Crippen molar-refractivity contribution in [2.45, 2.75) is 26.8 Å². The molecule has 0 aliphatic heterocycles. The summed E-state index contributed by atoms with van der Waals surface area (Å²) in [5.74, 6) is -0.918. The average Bonchev–Trinajstić information content (AvgIpc) is 2.59. The van der Waals surface area contributed by atoms with Crippen molar-refractivity contribution in [2.75, 3.05) is 0 Å². The lowest BCUT2D eigenvalue weighted by atomic mass is 10.3. The molecule has 1 amide bonds. The van der Waals surface area contributed by atoms with Gasteiger partial charge in [-0.25, -0.2) is 4.98 Å². The second kappa shape index (κ2) is 4.85. The second-order valence-corrected chi connectivity index (χ2v) is 3.78. The van der Waals surface area contributed by atoms with Gasteiger partial charge in [0.2, 0.25) is 5.78 Å². The molecule has 14 heavy (non-hydrogen) atoms. The fourth-order valence-corrected chi connectivity index (χ4v) is 1.61. The summed E-state index contributed by atoms with van der Waals surface area (Å²) in [6, 6.07) is 0. The van der Waals surface area contributed by atoms with Crippen molar-refractivity contribution in [3.05, 3.63) is 16.1 Å². The fraction of sp³-hybridized carbons (Fsp3) is 0.444. The van der Waals surface area contributed by atoms with Crippen LogP contribution in [0.25, 0.3) is 0 Å². The SMILES string of the molecule is CCC(=O)C(=O)NCc1nc(C)cs1. The van der Waals surface area contributed by atoms with Crippen molar-refractivity contribution in [3.63, 3.8) is 0 Å². The predicted octanol–water partition coefficient (Wildman–Crippen LogP) is 1.05. The van der Waals surface area contributed by atoms with Crippen LogP contribution in [0.1, 0.15) is 24.0 Å². The van der Waals surface area contributed by atoms with Crippen molar-refractivity contribution in [2.24, 2.45) is 0 Å². The number of Topliss-reactive ketones (excluding diaryl/α,β-unsaturated/α-hetero) is 1. The third-order valence-corrected chi connectivity index (χ3v) is 2.61. The molecule has 0 unspecified atom stereocenters. The van der Waals surface area contributed by atoms with Crippen LogP contribution < -0.4 is 5.32 Å². The van der Waals surface area contributed by atoms with Gasteiger partial charge in [-0.05, 0) is 6.92 Å². The monoisotopic (exact) mass is 212 g/mol.